The van der Waals surface area contributed by atoms with Crippen molar-refractivity contribution in [2.45, 2.75) is 13.8 Å². The maximum atomic E-state index is 6.11. The van der Waals surface area contributed by atoms with Crippen LogP contribution in [-0.2, 0) is 0 Å². The van der Waals surface area contributed by atoms with Crippen LogP contribution in [0, 0.1) is 13.8 Å². The molecule has 0 spiro atoms. The highest BCUT2D eigenvalue weighted by molar-refractivity contribution is 6.08. The van der Waals surface area contributed by atoms with Crippen LogP contribution in [0.3, 0.4) is 0 Å². The van der Waals surface area contributed by atoms with Gasteiger partial charge in [-0.25, -0.2) is 0 Å². The summed E-state index contributed by atoms with van der Waals surface area (Å²) < 4.78 is 6.11. The molecule has 168 valence electrons. The minimum atomic E-state index is 0.909. The molecule has 1 aliphatic rings. The first-order valence-corrected chi connectivity index (χ1v) is 12.0. The normalized spacial score (nSPS) is 12.7. The van der Waals surface area contributed by atoms with Gasteiger partial charge in [0.2, 0.25) is 0 Å². The Kier molecular flexibility index (Phi) is 4.27. The van der Waals surface area contributed by atoms with Crippen molar-refractivity contribution in [2.75, 3.05) is 9.80 Å². The van der Waals surface area contributed by atoms with Gasteiger partial charge >= 0.3 is 0 Å². The quantitative estimate of drug-likeness (QED) is 0.260. The summed E-state index contributed by atoms with van der Waals surface area (Å²) in [5.41, 5.74) is 11.3. The summed E-state index contributed by atoms with van der Waals surface area (Å²) in [5.74, 6) is 0. The zero-order valence-electron chi connectivity index (χ0n) is 19.7. The van der Waals surface area contributed by atoms with Gasteiger partial charge in [-0.05, 0) is 73.5 Å². The zero-order valence-corrected chi connectivity index (χ0v) is 19.7. The van der Waals surface area contributed by atoms with E-state index in [9.17, 15) is 0 Å². The molecule has 0 amide bonds. The molecule has 0 fully saturated rings. The Morgan fingerprint density at radius 2 is 1.11 bits per heavy atom. The molecule has 0 unspecified atom stereocenters. The van der Waals surface area contributed by atoms with E-state index in [0.717, 1.165) is 33.3 Å². The van der Waals surface area contributed by atoms with Gasteiger partial charge in [0.05, 0.1) is 22.7 Å². The summed E-state index contributed by atoms with van der Waals surface area (Å²) in [7, 11) is 0. The monoisotopic (exact) mass is 452 g/mol. The number of anilines is 6. The van der Waals surface area contributed by atoms with Crippen LogP contribution in [0.15, 0.2) is 114 Å². The second kappa shape index (κ2) is 7.51. The van der Waals surface area contributed by atoms with Crippen LogP contribution in [0.2, 0.25) is 0 Å². The van der Waals surface area contributed by atoms with E-state index in [1.807, 2.05) is 12.1 Å². The lowest BCUT2D eigenvalue weighted by Gasteiger charge is -2.41. The Hall–Kier alpha value is -4.50. The summed E-state index contributed by atoms with van der Waals surface area (Å²) >= 11 is 0. The highest BCUT2D eigenvalue weighted by Gasteiger charge is 2.32. The van der Waals surface area contributed by atoms with Crippen LogP contribution in [0.1, 0.15) is 11.1 Å². The van der Waals surface area contributed by atoms with E-state index in [1.165, 1.54) is 33.9 Å². The molecule has 35 heavy (non-hydrogen) atoms. The average molecular weight is 453 g/mol. The predicted molar refractivity (Wildman–Crippen MR) is 146 cm³/mol. The lowest BCUT2D eigenvalue weighted by Crippen LogP contribution is -2.25. The van der Waals surface area contributed by atoms with Crippen LogP contribution >= 0.6 is 0 Å². The number of rotatable bonds is 2. The molecule has 0 saturated heterocycles. The summed E-state index contributed by atoms with van der Waals surface area (Å²) in [6.45, 7) is 4.38. The van der Waals surface area contributed by atoms with Crippen molar-refractivity contribution in [3.63, 3.8) is 0 Å². The van der Waals surface area contributed by atoms with E-state index in [0.29, 0.717) is 0 Å². The fraction of sp³-hybridized carbons (Fsp3) is 0.0625. The van der Waals surface area contributed by atoms with Crippen LogP contribution < -0.4 is 9.80 Å². The molecular weight excluding hydrogens is 428 g/mol. The molecule has 0 radical (unpaired) electrons. The van der Waals surface area contributed by atoms with E-state index >= 15 is 0 Å². The number of fused-ring (bicyclic) bond motifs is 5. The van der Waals surface area contributed by atoms with E-state index in [-0.39, 0.29) is 0 Å². The molecular formula is C32H24N2O. The molecule has 0 atom stereocenters. The number of para-hydroxylation sites is 5. The molecule has 3 heteroatoms. The lowest BCUT2D eigenvalue weighted by molar-refractivity contribution is 0.669. The summed E-state index contributed by atoms with van der Waals surface area (Å²) in [6, 6.07) is 38.6. The highest BCUT2D eigenvalue weighted by atomic mass is 16.3. The van der Waals surface area contributed by atoms with E-state index in [4.69, 9.17) is 4.42 Å². The van der Waals surface area contributed by atoms with Crippen molar-refractivity contribution in [2.24, 2.45) is 0 Å². The third-order valence-electron chi connectivity index (χ3n) is 7.02. The molecule has 1 aromatic heterocycles. The minimum absolute atomic E-state index is 0.909. The molecule has 0 N–H and O–H groups in total. The van der Waals surface area contributed by atoms with Gasteiger partial charge in [-0.3, -0.25) is 0 Å². The highest BCUT2D eigenvalue weighted by Crippen LogP contribution is 2.55. The smallest absolute Gasteiger partial charge is 0.135 e. The lowest BCUT2D eigenvalue weighted by atomic mass is 10.0. The number of furan rings is 1. The van der Waals surface area contributed by atoms with Crippen LogP contribution in [0.25, 0.3) is 21.9 Å². The van der Waals surface area contributed by atoms with E-state index in [2.05, 4.69) is 121 Å². The Morgan fingerprint density at radius 3 is 1.94 bits per heavy atom. The molecule has 5 aromatic carbocycles. The van der Waals surface area contributed by atoms with Gasteiger partial charge < -0.3 is 14.2 Å². The van der Waals surface area contributed by atoms with Crippen molar-refractivity contribution in [3.05, 3.63) is 120 Å². The molecule has 0 aliphatic carbocycles. The molecule has 0 bridgehead atoms. The Labute approximate surface area is 204 Å². The first-order valence-electron chi connectivity index (χ1n) is 12.0. The summed E-state index contributed by atoms with van der Waals surface area (Å²) in [5, 5.41) is 2.27. The largest absolute Gasteiger partial charge is 0.456 e. The molecule has 6 aromatic rings. The Bertz CT molecular complexity index is 1750. The molecule has 2 heterocycles. The maximum Gasteiger partial charge on any atom is 0.135 e. The molecule has 1 aliphatic heterocycles. The van der Waals surface area contributed by atoms with Crippen molar-refractivity contribution >= 4 is 56.1 Å². The first-order chi connectivity index (χ1) is 17.2. The minimum Gasteiger partial charge on any atom is -0.456 e. The fourth-order valence-electron chi connectivity index (χ4n) is 5.40. The van der Waals surface area contributed by atoms with Gasteiger partial charge in [0, 0.05) is 22.1 Å². The van der Waals surface area contributed by atoms with Gasteiger partial charge in [0.25, 0.3) is 0 Å². The maximum absolute atomic E-state index is 6.11. The van der Waals surface area contributed by atoms with Gasteiger partial charge in [0.15, 0.2) is 0 Å². The van der Waals surface area contributed by atoms with E-state index < -0.39 is 0 Å². The summed E-state index contributed by atoms with van der Waals surface area (Å²) in [4.78, 5) is 4.80. The van der Waals surface area contributed by atoms with Gasteiger partial charge in [-0.2, -0.15) is 0 Å². The third-order valence-corrected chi connectivity index (χ3v) is 7.02. The molecule has 3 nitrogen and oxygen atoms in total. The number of nitrogens with zero attached hydrogens (tertiary/aromatic N) is 2. The van der Waals surface area contributed by atoms with Crippen LogP contribution in [0.5, 0.6) is 0 Å². The average Bonchev–Trinajstić information content (AvgIpc) is 3.26. The SMILES string of the molecule is Cc1ccccc1N1c2ccccc2N(c2ccc3oc4ccccc4c3c2)c2cccc(C)c21. The predicted octanol–water partition coefficient (Wildman–Crippen LogP) is 9.46. The topological polar surface area (TPSA) is 19.6 Å². The van der Waals surface area contributed by atoms with Gasteiger partial charge in [-0.1, -0.05) is 60.7 Å². The van der Waals surface area contributed by atoms with Gasteiger partial charge in [-0.15, -0.1) is 0 Å². The fourth-order valence-corrected chi connectivity index (χ4v) is 5.40. The number of aryl methyl sites for hydroxylation is 2. The van der Waals surface area contributed by atoms with E-state index in [1.54, 1.807) is 0 Å². The van der Waals surface area contributed by atoms with Crippen molar-refractivity contribution < 1.29 is 4.42 Å². The van der Waals surface area contributed by atoms with Gasteiger partial charge in [0.1, 0.15) is 11.2 Å². The number of hydrogen-bond acceptors (Lipinski definition) is 3. The standard InChI is InChI=1S/C32H24N2O/c1-21-10-3-5-13-26(21)34-28-15-7-6-14-27(28)33(29-16-9-11-22(2)32(29)34)23-18-19-31-25(20-23)24-12-4-8-17-30(24)35-31/h3-20H,1-2H3. The molecule has 0 saturated carbocycles. The number of benzene rings is 5. The third kappa shape index (κ3) is 2.91. The van der Waals surface area contributed by atoms with Crippen LogP contribution in [0.4, 0.5) is 34.1 Å². The number of hydrogen-bond donors (Lipinski definition) is 0. The van der Waals surface area contributed by atoms with Crippen molar-refractivity contribution in [3.8, 4) is 0 Å². The zero-order chi connectivity index (χ0) is 23.5. The molecule has 7 rings (SSSR count). The Morgan fingerprint density at radius 1 is 0.486 bits per heavy atom. The first kappa shape index (κ1) is 19.9. The second-order valence-electron chi connectivity index (χ2n) is 9.17. The Balaban J connectivity index is 1.52. The van der Waals surface area contributed by atoms with Crippen molar-refractivity contribution in [1.29, 1.82) is 0 Å². The van der Waals surface area contributed by atoms with Crippen molar-refractivity contribution in [1.82, 2.24) is 0 Å². The second-order valence-corrected chi connectivity index (χ2v) is 9.17. The van der Waals surface area contributed by atoms with Crippen LogP contribution in [-0.4, -0.2) is 0 Å². The summed E-state index contributed by atoms with van der Waals surface area (Å²) in [6.07, 6.45) is 0.